The first-order valence-electron chi connectivity index (χ1n) is 9.12. The highest BCUT2D eigenvalue weighted by atomic mass is 16.5. The fraction of sp³-hybridized carbons (Fsp3) is 0.550. The lowest BCUT2D eigenvalue weighted by molar-refractivity contribution is -0.0662. The molecule has 1 fully saturated rings. The summed E-state index contributed by atoms with van der Waals surface area (Å²) in [7, 11) is 0. The SMILES string of the molecule is CC1(C)CC(Nc2nc(-c3ccccn3)nc3c2CCC3)C(C)(C)O1. The zero-order valence-corrected chi connectivity index (χ0v) is 15.5. The van der Waals surface area contributed by atoms with Gasteiger partial charge < -0.3 is 10.1 Å². The van der Waals surface area contributed by atoms with Crippen LogP contribution in [0, 0.1) is 0 Å². The summed E-state index contributed by atoms with van der Waals surface area (Å²) in [6.07, 6.45) is 5.94. The lowest BCUT2D eigenvalue weighted by Crippen LogP contribution is -2.38. The zero-order valence-electron chi connectivity index (χ0n) is 15.5. The van der Waals surface area contributed by atoms with Crippen molar-refractivity contribution in [3.63, 3.8) is 0 Å². The molecule has 25 heavy (non-hydrogen) atoms. The number of anilines is 1. The highest BCUT2D eigenvalue weighted by molar-refractivity contribution is 5.58. The first kappa shape index (κ1) is 16.5. The molecule has 5 nitrogen and oxygen atoms in total. The van der Waals surface area contributed by atoms with Gasteiger partial charge in [0.2, 0.25) is 0 Å². The van der Waals surface area contributed by atoms with Gasteiger partial charge in [-0.1, -0.05) is 6.07 Å². The molecule has 3 heterocycles. The van der Waals surface area contributed by atoms with Gasteiger partial charge in [0.15, 0.2) is 5.82 Å². The number of hydrogen-bond acceptors (Lipinski definition) is 5. The summed E-state index contributed by atoms with van der Waals surface area (Å²) < 4.78 is 6.24. The summed E-state index contributed by atoms with van der Waals surface area (Å²) in [5.74, 6) is 1.67. The van der Waals surface area contributed by atoms with E-state index in [1.165, 1.54) is 5.56 Å². The predicted octanol–water partition coefficient (Wildman–Crippen LogP) is 3.79. The van der Waals surface area contributed by atoms with Crippen LogP contribution >= 0.6 is 0 Å². The van der Waals surface area contributed by atoms with Crippen molar-refractivity contribution >= 4 is 5.82 Å². The minimum Gasteiger partial charge on any atom is -0.367 e. The first-order chi connectivity index (χ1) is 11.8. The molecule has 2 aromatic heterocycles. The lowest BCUT2D eigenvalue weighted by Gasteiger charge is -2.28. The minimum atomic E-state index is -0.231. The van der Waals surface area contributed by atoms with E-state index in [2.05, 4.69) is 38.0 Å². The van der Waals surface area contributed by atoms with E-state index < -0.39 is 0 Å². The van der Waals surface area contributed by atoms with Crippen LogP contribution in [-0.2, 0) is 17.6 Å². The standard InChI is InChI=1S/C20H26N4O/c1-19(2)12-16(20(3,4)25-19)23-17-13-8-7-10-14(13)22-18(24-17)15-9-5-6-11-21-15/h5-6,9,11,16H,7-8,10,12H2,1-4H3,(H,22,23,24). The molecule has 0 bridgehead atoms. The van der Waals surface area contributed by atoms with Crippen LogP contribution in [0.15, 0.2) is 24.4 Å². The van der Waals surface area contributed by atoms with Gasteiger partial charge in [0.1, 0.15) is 11.5 Å². The van der Waals surface area contributed by atoms with Gasteiger partial charge in [0.25, 0.3) is 0 Å². The van der Waals surface area contributed by atoms with Crippen LogP contribution < -0.4 is 5.32 Å². The molecule has 1 aliphatic heterocycles. The average Bonchev–Trinajstić information content (AvgIpc) is 3.09. The van der Waals surface area contributed by atoms with Crippen molar-refractivity contribution in [3.05, 3.63) is 35.7 Å². The number of nitrogens with zero attached hydrogens (tertiary/aromatic N) is 3. The monoisotopic (exact) mass is 338 g/mol. The quantitative estimate of drug-likeness (QED) is 0.923. The van der Waals surface area contributed by atoms with Crippen molar-refractivity contribution in [2.24, 2.45) is 0 Å². The molecule has 0 aromatic carbocycles. The highest BCUT2D eigenvalue weighted by Crippen LogP contribution is 2.40. The second-order valence-corrected chi connectivity index (χ2v) is 8.26. The molecule has 132 valence electrons. The van der Waals surface area contributed by atoms with Gasteiger partial charge in [0.05, 0.1) is 17.2 Å². The van der Waals surface area contributed by atoms with E-state index in [0.717, 1.165) is 42.9 Å². The summed E-state index contributed by atoms with van der Waals surface area (Å²) in [4.78, 5) is 14.1. The molecular formula is C20H26N4O. The molecule has 4 rings (SSSR count). The van der Waals surface area contributed by atoms with Gasteiger partial charge in [-0.15, -0.1) is 0 Å². The average molecular weight is 338 g/mol. The van der Waals surface area contributed by atoms with Crippen LogP contribution in [0.1, 0.15) is 51.8 Å². The molecule has 0 radical (unpaired) electrons. The predicted molar refractivity (Wildman–Crippen MR) is 98.6 cm³/mol. The van der Waals surface area contributed by atoms with E-state index in [0.29, 0.717) is 5.82 Å². The summed E-state index contributed by atoms with van der Waals surface area (Å²) >= 11 is 0. The van der Waals surface area contributed by atoms with Crippen molar-refractivity contribution < 1.29 is 4.74 Å². The fourth-order valence-electron chi connectivity index (χ4n) is 4.11. The molecule has 5 heteroatoms. The Morgan fingerprint density at radius 2 is 1.96 bits per heavy atom. The Morgan fingerprint density at radius 3 is 2.64 bits per heavy atom. The summed E-state index contributed by atoms with van der Waals surface area (Å²) in [5.41, 5.74) is 2.89. The van der Waals surface area contributed by atoms with Crippen LogP contribution in [0.4, 0.5) is 5.82 Å². The Hall–Kier alpha value is -2.01. The Kier molecular flexibility index (Phi) is 3.80. The number of pyridine rings is 1. The Balaban J connectivity index is 1.71. The topological polar surface area (TPSA) is 59.9 Å². The van der Waals surface area contributed by atoms with Gasteiger partial charge >= 0.3 is 0 Å². The normalized spacial score (nSPS) is 23.4. The van der Waals surface area contributed by atoms with Crippen LogP contribution in [0.5, 0.6) is 0 Å². The van der Waals surface area contributed by atoms with Crippen LogP contribution in [0.2, 0.25) is 0 Å². The van der Waals surface area contributed by atoms with Crippen molar-refractivity contribution in [1.29, 1.82) is 0 Å². The molecule has 0 saturated carbocycles. The molecule has 2 aromatic rings. The van der Waals surface area contributed by atoms with Gasteiger partial charge in [-0.3, -0.25) is 4.98 Å². The van der Waals surface area contributed by atoms with Gasteiger partial charge in [-0.25, -0.2) is 9.97 Å². The number of nitrogens with one attached hydrogen (secondary N) is 1. The van der Waals surface area contributed by atoms with E-state index in [-0.39, 0.29) is 17.2 Å². The Labute approximate surface area is 149 Å². The molecule has 0 spiro atoms. The number of ether oxygens (including phenoxy) is 1. The number of aromatic nitrogens is 3. The Bertz CT molecular complexity index is 786. The molecular weight excluding hydrogens is 312 g/mol. The maximum Gasteiger partial charge on any atom is 0.180 e. The third-order valence-corrected chi connectivity index (χ3v) is 5.21. The van der Waals surface area contributed by atoms with Crippen LogP contribution in [-0.4, -0.2) is 32.2 Å². The van der Waals surface area contributed by atoms with Crippen LogP contribution in [0.3, 0.4) is 0 Å². The number of rotatable bonds is 3. The summed E-state index contributed by atoms with van der Waals surface area (Å²) in [5, 5.41) is 3.69. The maximum absolute atomic E-state index is 6.24. The number of aryl methyl sites for hydroxylation is 1. The highest BCUT2D eigenvalue weighted by Gasteiger charge is 2.46. The zero-order chi connectivity index (χ0) is 17.7. The smallest absolute Gasteiger partial charge is 0.180 e. The maximum atomic E-state index is 6.24. The molecule has 1 unspecified atom stereocenters. The van der Waals surface area contributed by atoms with E-state index >= 15 is 0 Å². The van der Waals surface area contributed by atoms with E-state index in [4.69, 9.17) is 14.7 Å². The minimum absolute atomic E-state index is 0.124. The van der Waals surface area contributed by atoms with E-state index in [1.54, 1.807) is 6.20 Å². The molecule has 2 aliphatic rings. The third kappa shape index (κ3) is 3.13. The van der Waals surface area contributed by atoms with Crippen LogP contribution in [0.25, 0.3) is 11.5 Å². The van der Waals surface area contributed by atoms with Gasteiger partial charge in [-0.05, 0) is 65.5 Å². The van der Waals surface area contributed by atoms with Crippen molar-refractivity contribution in [2.75, 3.05) is 5.32 Å². The molecule has 1 saturated heterocycles. The lowest BCUT2D eigenvalue weighted by atomic mass is 9.94. The molecule has 1 atom stereocenters. The van der Waals surface area contributed by atoms with E-state index in [9.17, 15) is 0 Å². The Morgan fingerprint density at radius 1 is 1.12 bits per heavy atom. The van der Waals surface area contributed by atoms with Crippen molar-refractivity contribution in [2.45, 2.75) is 70.6 Å². The number of fused-ring (bicyclic) bond motifs is 1. The van der Waals surface area contributed by atoms with E-state index in [1.807, 2.05) is 18.2 Å². The second-order valence-electron chi connectivity index (χ2n) is 8.26. The third-order valence-electron chi connectivity index (χ3n) is 5.21. The number of hydrogen-bond donors (Lipinski definition) is 1. The van der Waals surface area contributed by atoms with Crippen molar-refractivity contribution in [1.82, 2.24) is 15.0 Å². The fourth-order valence-corrected chi connectivity index (χ4v) is 4.11. The van der Waals surface area contributed by atoms with Gasteiger partial charge in [-0.2, -0.15) is 0 Å². The summed E-state index contributed by atoms with van der Waals surface area (Å²) in [6.45, 7) is 8.61. The van der Waals surface area contributed by atoms with Gasteiger partial charge in [0, 0.05) is 17.5 Å². The molecule has 0 amide bonds. The molecule has 1 aliphatic carbocycles. The van der Waals surface area contributed by atoms with Crippen molar-refractivity contribution in [3.8, 4) is 11.5 Å². The summed E-state index contributed by atoms with van der Waals surface area (Å²) in [6, 6.07) is 6.07. The second kappa shape index (κ2) is 5.77. The first-order valence-corrected chi connectivity index (χ1v) is 9.12. The largest absolute Gasteiger partial charge is 0.367 e. The molecule has 1 N–H and O–H groups in total.